The van der Waals surface area contributed by atoms with Gasteiger partial charge in [-0.05, 0) is 12.1 Å². The molecule has 5 heteroatoms. The molecule has 0 aliphatic carbocycles. The Morgan fingerprint density at radius 2 is 1.95 bits per heavy atom. The summed E-state index contributed by atoms with van der Waals surface area (Å²) in [4.78, 5) is 2.34. The zero-order chi connectivity index (χ0) is 13.5. The molecule has 0 bridgehead atoms. The van der Waals surface area contributed by atoms with E-state index in [1.807, 2.05) is 24.3 Å². The van der Waals surface area contributed by atoms with Crippen LogP contribution in [0, 0.1) is 0 Å². The van der Waals surface area contributed by atoms with E-state index in [-0.39, 0.29) is 6.10 Å². The van der Waals surface area contributed by atoms with E-state index in [0.29, 0.717) is 6.61 Å². The van der Waals surface area contributed by atoms with Gasteiger partial charge in [-0.15, -0.1) is 0 Å². The van der Waals surface area contributed by atoms with Gasteiger partial charge in [-0.2, -0.15) is 0 Å². The van der Waals surface area contributed by atoms with E-state index in [2.05, 4.69) is 4.90 Å². The minimum Gasteiger partial charge on any atom is -0.491 e. The van der Waals surface area contributed by atoms with Crippen LogP contribution in [0.1, 0.15) is 0 Å². The van der Waals surface area contributed by atoms with Gasteiger partial charge < -0.3 is 14.2 Å². The van der Waals surface area contributed by atoms with E-state index in [9.17, 15) is 0 Å². The minimum absolute atomic E-state index is 0.0654. The van der Waals surface area contributed by atoms with E-state index in [1.165, 1.54) is 0 Å². The monoisotopic (exact) mass is 261 g/mol. The summed E-state index contributed by atoms with van der Waals surface area (Å²) in [5.74, 6) is 0.818. The Kier molecular flexibility index (Phi) is 5.70. The molecule has 102 valence electrons. The Balaban J connectivity index is 1.76. The number of hydrogen-bond donors (Lipinski definition) is 0. The molecule has 1 aliphatic heterocycles. The van der Waals surface area contributed by atoms with Gasteiger partial charge in [0, 0.05) is 26.7 Å². The molecule has 1 heterocycles. The lowest BCUT2D eigenvalue weighted by molar-refractivity contribution is -0.0107. The normalized spacial score (nSPS) is 18.2. The SMILES string of the molecule is [B]c1ccc(OCC(CN2CCOCC2)OC)cc1. The van der Waals surface area contributed by atoms with Crippen LogP contribution in [-0.2, 0) is 9.47 Å². The van der Waals surface area contributed by atoms with Crippen LogP contribution in [0.4, 0.5) is 0 Å². The summed E-state index contributed by atoms with van der Waals surface area (Å²) >= 11 is 0. The molecule has 0 spiro atoms. The summed E-state index contributed by atoms with van der Waals surface area (Å²) in [7, 11) is 7.35. The van der Waals surface area contributed by atoms with E-state index in [0.717, 1.165) is 44.1 Å². The van der Waals surface area contributed by atoms with E-state index < -0.39 is 0 Å². The Morgan fingerprint density at radius 1 is 1.26 bits per heavy atom. The highest BCUT2D eigenvalue weighted by Crippen LogP contribution is 2.09. The number of nitrogens with zero attached hydrogens (tertiary/aromatic N) is 1. The van der Waals surface area contributed by atoms with E-state index in [4.69, 9.17) is 22.1 Å². The van der Waals surface area contributed by atoms with E-state index in [1.54, 1.807) is 7.11 Å². The van der Waals surface area contributed by atoms with Crippen molar-refractivity contribution in [3.8, 4) is 5.75 Å². The molecule has 2 radical (unpaired) electrons. The summed E-state index contributed by atoms with van der Waals surface area (Å²) < 4.78 is 16.5. The van der Waals surface area contributed by atoms with Gasteiger partial charge in [0.05, 0.1) is 13.2 Å². The summed E-state index contributed by atoms with van der Waals surface area (Å²) in [6.45, 7) is 4.93. The third-order valence-corrected chi connectivity index (χ3v) is 3.21. The van der Waals surface area contributed by atoms with Crippen LogP contribution >= 0.6 is 0 Å². The molecule has 2 rings (SSSR count). The van der Waals surface area contributed by atoms with Gasteiger partial charge in [0.15, 0.2) is 0 Å². The average molecular weight is 261 g/mol. The van der Waals surface area contributed by atoms with Crippen molar-refractivity contribution in [2.75, 3.05) is 46.6 Å². The molecule has 1 aromatic rings. The quantitative estimate of drug-likeness (QED) is 0.685. The minimum atomic E-state index is 0.0654. The van der Waals surface area contributed by atoms with Gasteiger partial charge in [-0.3, -0.25) is 4.90 Å². The predicted molar refractivity (Wildman–Crippen MR) is 75.4 cm³/mol. The molecule has 1 aromatic carbocycles. The Morgan fingerprint density at radius 3 is 2.58 bits per heavy atom. The third-order valence-electron chi connectivity index (χ3n) is 3.21. The Hall–Kier alpha value is -1.04. The fourth-order valence-corrected chi connectivity index (χ4v) is 2.02. The van der Waals surface area contributed by atoms with Crippen molar-refractivity contribution in [3.05, 3.63) is 24.3 Å². The van der Waals surface area contributed by atoms with Crippen LogP contribution in [0.3, 0.4) is 0 Å². The van der Waals surface area contributed by atoms with Gasteiger partial charge in [0.25, 0.3) is 0 Å². The van der Waals surface area contributed by atoms with Crippen molar-refractivity contribution in [1.29, 1.82) is 0 Å². The second-order valence-corrected chi connectivity index (χ2v) is 4.65. The van der Waals surface area contributed by atoms with Gasteiger partial charge >= 0.3 is 0 Å². The van der Waals surface area contributed by atoms with Crippen LogP contribution < -0.4 is 10.2 Å². The van der Waals surface area contributed by atoms with Crippen LogP contribution in [0.2, 0.25) is 0 Å². The summed E-state index contributed by atoms with van der Waals surface area (Å²) in [5.41, 5.74) is 0.740. The second-order valence-electron chi connectivity index (χ2n) is 4.65. The molecule has 4 nitrogen and oxygen atoms in total. The van der Waals surface area contributed by atoms with Crippen LogP contribution in [0.15, 0.2) is 24.3 Å². The Labute approximate surface area is 116 Å². The van der Waals surface area contributed by atoms with Crippen molar-refractivity contribution in [2.24, 2.45) is 0 Å². The number of benzene rings is 1. The van der Waals surface area contributed by atoms with Gasteiger partial charge in [0.1, 0.15) is 26.3 Å². The second kappa shape index (κ2) is 7.53. The van der Waals surface area contributed by atoms with Gasteiger partial charge in [0.2, 0.25) is 0 Å². The number of hydrogen-bond acceptors (Lipinski definition) is 4. The molecule has 1 atom stereocenters. The first-order valence-electron chi connectivity index (χ1n) is 6.59. The first-order valence-corrected chi connectivity index (χ1v) is 6.59. The molecular weight excluding hydrogens is 241 g/mol. The fourth-order valence-electron chi connectivity index (χ4n) is 2.02. The average Bonchev–Trinajstić information content (AvgIpc) is 2.46. The van der Waals surface area contributed by atoms with Crippen LogP contribution in [0.5, 0.6) is 5.75 Å². The van der Waals surface area contributed by atoms with Crippen molar-refractivity contribution >= 4 is 13.3 Å². The summed E-state index contributed by atoms with van der Waals surface area (Å²) in [6, 6.07) is 7.41. The largest absolute Gasteiger partial charge is 0.491 e. The maximum absolute atomic E-state index is 5.72. The van der Waals surface area contributed by atoms with Crippen molar-refractivity contribution in [1.82, 2.24) is 4.90 Å². The number of morpholine rings is 1. The van der Waals surface area contributed by atoms with Crippen molar-refractivity contribution in [2.45, 2.75) is 6.10 Å². The molecular formula is C14H20BNO3. The number of methoxy groups -OCH3 is 1. The molecule has 1 aliphatic rings. The highest BCUT2D eigenvalue weighted by molar-refractivity contribution is 6.32. The topological polar surface area (TPSA) is 30.9 Å². The third kappa shape index (κ3) is 4.86. The molecule has 0 amide bonds. The standard InChI is InChI=1S/C14H20BNO3/c1-17-14(10-16-6-8-18-9-7-16)11-19-13-4-2-12(15)3-5-13/h2-5,14H,6-11H2,1H3. The van der Waals surface area contributed by atoms with Gasteiger partial charge in [-0.25, -0.2) is 0 Å². The predicted octanol–water partition coefficient (Wildman–Crippen LogP) is 0.206. The molecule has 1 saturated heterocycles. The zero-order valence-corrected chi connectivity index (χ0v) is 11.4. The molecule has 1 fully saturated rings. The maximum Gasteiger partial charge on any atom is 0.119 e. The highest BCUT2D eigenvalue weighted by atomic mass is 16.5. The Bertz CT molecular complexity index is 365. The van der Waals surface area contributed by atoms with Crippen molar-refractivity contribution < 1.29 is 14.2 Å². The van der Waals surface area contributed by atoms with E-state index >= 15 is 0 Å². The summed E-state index contributed by atoms with van der Waals surface area (Å²) in [6.07, 6.45) is 0.0654. The number of ether oxygens (including phenoxy) is 3. The molecule has 19 heavy (non-hydrogen) atoms. The van der Waals surface area contributed by atoms with Gasteiger partial charge in [-0.1, -0.05) is 17.6 Å². The first-order chi connectivity index (χ1) is 9.28. The molecule has 0 N–H and O–H groups in total. The van der Waals surface area contributed by atoms with Crippen molar-refractivity contribution in [3.63, 3.8) is 0 Å². The fraction of sp³-hybridized carbons (Fsp3) is 0.571. The lowest BCUT2D eigenvalue weighted by atomic mass is 9.97. The molecule has 1 unspecified atom stereocenters. The lowest BCUT2D eigenvalue weighted by Gasteiger charge is -2.29. The zero-order valence-electron chi connectivity index (χ0n) is 11.4. The maximum atomic E-state index is 5.72. The first kappa shape index (κ1) is 14.4. The smallest absolute Gasteiger partial charge is 0.119 e. The van der Waals surface area contributed by atoms with Crippen LogP contribution in [0.25, 0.3) is 0 Å². The lowest BCUT2D eigenvalue weighted by Crippen LogP contribution is -2.43. The summed E-state index contributed by atoms with van der Waals surface area (Å²) in [5, 5.41) is 0. The number of rotatable bonds is 6. The highest BCUT2D eigenvalue weighted by Gasteiger charge is 2.16. The molecule has 0 aromatic heterocycles. The molecule has 0 saturated carbocycles. The van der Waals surface area contributed by atoms with Crippen LogP contribution in [-0.4, -0.2) is 65.4 Å².